The molecule has 1 N–H and O–H groups in total. The first-order chi connectivity index (χ1) is 8.01. The fourth-order valence-electron chi connectivity index (χ4n) is 1.78. The Hall–Kier alpha value is -0.480. The molecule has 0 fully saturated rings. The Labute approximate surface area is 110 Å². The van der Waals surface area contributed by atoms with Crippen LogP contribution in [0.5, 0.6) is 0 Å². The van der Waals surface area contributed by atoms with Crippen LogP contribution >= 0.6 is 15.9 Å². The third kappa shape index (κ3) is 3.49. The van der Waals surface area contributed by atoms with Crippen LogP contribution in [-0.4, -0.2) is 7.05 Å². The third-order valence-corrected chi connectivity index (χ3v) is 3.93. The van der Waals surface area contributed by atoms with Gasteiger partial charge in [0, 0.05) is 6.04 Å². The second kappa shape index (κ2) is 6.45. The summed E-state index contributed by atoms with van der Waals surface area (Å²) in [7, 11) is 1.83. The molecular formula is C13H18BrF2N. The lowest BCUT2D eigenvalue weighted by molar-refractivity contribution is 0.417. The highest BCUT2D eigenvalue weighted by Gasteiger charge is 2.19. The quantitative estimate of drug-likeness (QED) is 0.794. The molecule has 0 saturated heterocycles. The molecule has 17 heavy (non-hydrogen) atoms. The number of benzene rings is 1. The molecule has 0 spiro atoms. The SMILES string of the molecule is CCC(C)CC(NC)c1ccc(F)c(F)c1Br. The van der Waals surface area contributed by atoms with Gasteiger partial charge in [0.15, 0.2) is 11.6 Å². The van der Waals surface area contributed by atoms with Crippen molar-refractivity contribution in [1.29, 1.82) is 0 Å². The maximum atomic E-state index is 13.5. The molecule has 2 unspecified atom stereocenters. The molecule has 0 bridgehead atoms. The zero-order valence-corrected chi connectivity index (χ0v) is 11.9. The van der Waals surface area contributed by atoms with Crippen molar-refractivity contribution >= 4 is 15.9 Å². The van der Waals surface area contributed by atoms with Gasteiger partial charge in [-0.25, -0.2) is 8.78 Å². The van der Waals surface area contributed by atoms with E-state index in [0.29, 0.717) is 5.92 Å². The smallest absolute Gasteiger partial charge is 0.173 e. The van der Waals surface area contributed by atoms with Crippen molar-refractivity contribution in [1.82, 2.24) is 5.32 Å². The number of halogens is 3. The summed E-state index contributed by atoms with van der Waals surface area (Å²) in [6.07, 6.45) is 1.97. The van der Waals surface area contributed by atoms with Gasteiger partial charge < -0.3 is 5.32 Å². The molecule has 1 nitrogen and oxygen atoms in total. The monoisotopic (exact) mass is 305 g/mol. The highest BCUT2D eigenvalue weighted by Crippen LogP contribution is 2.31. The maximum Gasteiger partial charge on any atom is 0.173 e. The largest absolute Gasteiger partial charge is 0.313 e. The van der Waals surface area contributed by atoms with E-state index >= 15 is 0 Å². The van der Waals surface area contributed by atoms with Gasteiger partial charge in [-0.05, 0) is 46.9 Å². The first-order valence-electron chi connectivity index (χ1n) is 5.81. The minimum Gasteiger partial charge on any atom is -0.313 e. The van der Waals surface area contributed by atoms with Gasteiger partial charge in [-0.2, -0.15) is 0 Å². The van der Waals surface area contributed by atoms with E-state index in [0.717, 1.165) is 18.4 Å². The molecule has 0 aromatic heterocycles. The topological polar surface area (TPSA) is 12.0 Å². The van der Waals surface area contributed by atoms with Crippen molar-refractivity contribution in [2.24, 2.45) is 5.92 Å². The Morgan fingerprint density at radius 2 is 2.00 bits per heavy atom. The van der Waals surface area contributed by atoms with Crippen LogP contribution in [0.2, 0.25) is 0 Å². The minimum absolute atomic E-state index is 0.0365. The molecule has 1 aromatic rings. The highest BCUT2D eigenvalue weighted by atomic mass is 79.9. The minimum atomic E-state index is -0.820. The summed E-state index contributed by atoms with van der Waals surface area (Å²) in [5.41, 5.74) is 0.770. The van der Waals surface area contributed by atoms with Crippen molar-refractivity contribution in [3.63, 3.8) is 0 Å². The van der Waals surface area contributed by atoms with Crippen LogP contribution in [0, 0.1) is 17.6 Å². The molecule has 4 heteroatoms. The summed E-state index contributed by atoms with van der Waals surface area (Å²) in [6, 6.07) is 2.84. The van der Waals surface area contributed by atoms with E-state index < -0.39 is 11.6 Å². The van der Waals surface area contributed by atoms with Crippen molar-refractivity contribution in [2.45, 2.75) is 32.7 Å². The Balaban J connectivity index is 3.00. The number of hydrogen-bond donors (Lipinski definition) is 1. The molecule has 0 radical (unpaired) electrons. The van der Waals surface area contributed by atoms with E-state index in [1.54, 1.807) is 6.07 Å². The molecule has 0 aliphatic carbocycles. The summed E-state index contributed by atoms with van der Waals surface area (Å²) in [5.74, 6) is -1.10. The first kappa shape index (κ1) is 14.6. The van der Waals surface area contributed by atoms with Crippen molar-refractivity contribution < 1.29 is 8.78 Å². The van der Waals surface area contributed by atoms with Gasteiger partial charge in [0.2, 0.25) is 0 Å². The molecular weight excluding hydrogens is 288 g/mol. The Morgan fingerprint density at radius 3 is 2.53 bits per heavy atom. The molecule has 1 rings (SSSR count). The molecule has 0 amide bonds. The Kier molecular flexibility index (Phi) is 5.53. The lowest BCUT2D eigenvalue weighted by Crippen LogP contribution is -2.20. The molecule has 0 aliphatic heterocycles. The average Bonchev–Trinajstić information content (AvgIpc) is 2.33. The van der Waals surface area contributed by atoms with Gasteiger partial charge in [-0.15, -0.1) is 0 Å². The van der Waals surface area contributed by atoms with Crippen LogP contribution in [0.1, 0.15) is 38.3 Å². The van der Waals surface area contributed by atoms with Crippen LogP contribution in [0.15, 0.2) is 16.6 Å². The van der Waals surface area contributed by atoms with Crippen LogP contribution in [0.3, 0.4) is 0 Å². The molecule has 0 saturated carbocycles. The van der Waals surface area contributed by atoms with E-state index in [9.17, 15) is 8.78 Å². The number of hydrogen-bond acceptors (Lipinski definition) is 1. The van der Waals surface area contributed by atoms with E-state index in [-0.39, 0.29) is 10.5 Å². The Bertz CT molecular complexity index is 382. The summed E-state index contributed by atoms with van der Waals surface area (Å²) < 4.78 is 26.7. The lowest BCUT2D eigenvalue weighted by Gasteiger charge is -2.21. The second-order valence-corrected chi connectivity index (χ2v) is 5.15. The van der Waals surface area contributed by atoms with Gasteiger partial charge in [0.1, 0.15) is 0 Å². The van der Waals surface area contributed by atoms with Crippen molar-refractivity contribution in [3.8, 4) is 0 Å². The summed E-state index contributed by atoms with van der Waals surface area (Å²) in [5, 5.41) is 3.15. The number of rotatable bonds is 5. The van der Waals surface area contributed by atoms with E-state index in [1.165, 1.54) is 6.07 Å². The normalized spacial score (nSPS) is 14.7. The predicted octanol–water partition coefficient (Wildman–Crippen LogP) is 4.42. The van der Waals surface area contributed by atoms with E-state index in [4.69, 9.17) is 0 Å². The fraction of sp³-hybridized carbons (Fsp3) is 0.538. The summed E-state index contributed by atoms with van der Waals surface area (Å²) in [4.78, 5) is 0. The van der Waals surface area contributed by atoms with Gasteiger partial charge >= 0.3 is 0 Å². The van der Waals surface area contributed by atoms with Gasteiger partial charge in [0.25, 0.3) is 0 Å². The molecule has 0 heterocycles. The first-order valence-corrected chi connectivity index (χ1v) is 6.61. The third-order valence-electron chi connectivity index (χ3n) is 3.12. The highest BCUT2D eigenvalue weighted by molar-refractivity contribution is 9.10. The summed E-state index contributed by atoms with van der Waals surface area (Å²) in [6.45, 7) is 4.27. The van der Waals surface area contributed by atoms with E-state index in [2.05, 4.69) is 35.1 Å². The molecule has 96 valence electrons. The van der Waals surface area contributed by atoms with E-state index in [1.807, 2.05) is 7.05 Å². The average molecular weight is 306 g/mol. The summed E-state index contributed by atoms with van der Waals surface area (Å²) >= 11 is 3.13. The number of nitrogens with one attached hydrogen (secondary N) is 1. The van der Waals surface area contributed by atoms with Crippen molar-refractivity contribution in [3.05, 3.63) is 33.8 Å². The van der Waals surface area contributed by atoms with Crippen LogP contribution in [0.4, 0.5) is 8.78 Å². The van der Waals surface area contributed by atoms with Gasteiger partial charge in [-0.1, -0.05) is 26.3 Å². The molecule has 2 atom stereocenters. The second-order valence-electron chi connectivity index (χ2n) is 4.35. The molecule has 0 aliphatic rings. The lowest BCUT2D eigenvalue weighted by atomic mass is 9.94. The van der Waals surface area contributed by atoms with Crippen LogP contribution in [0.25, 0.3) is 0 Å². The van der Waals surface area contributed by atoms with Crippen LogP contribution < -0.4 is 5.32 Å². The van der Waals surface area contributed by atoms with Gasteiger partial charge in [0.05, 0.1) is 4.47 Å². The van der Waals surface area contributed by atoms with Gasteiger partial charge in [-0.3, -0.25) is 0 Å². The Morgan fingerprint density at radius 1 is 1.35 bits per heavy atom. The molecule has 1 aromatic carbocycles. The standard InChI is InChI=1S/C13H18BrF2N/c1-4-8(2)7-11(17-3)9-5-6-10(15)13(16)12(9)14/h5-6,8,11,17H,4,7H2,1-3H3. The fourth-order valence-corrected chi connectivity index (χ4v) is 2.38. The maximum absolute atomic E-state index is 13.5. The zero-order valence-electron chi connectivity index (χ0n) is 10.4. The zero-order chi connectivity index (χ0) is 13.0. The van der Waals surface area contributed by atoms with Crippen molar-refractivity contribution in [2.75, 3.05) is 7.05 Å². The van der Waals surface area contributed by atoms with Crippen LogP contribution in [-0.2, 0) is 0 Å². The predicted molar refractivity (Wildman–Crippen MR) is 69.9 cm³/mol.